The van der Waals surface area contributed by atoms with Gasteiger partial charge >= 0.3 is 6.18 Å². The van der Waals surface area contributed by atoms with Crippen molar-refractivity contribution >= 4 is 40.8 Å². The van der Waals surface area contributed by atoms with E-state index in [1.807, 2.05) is 0 Å². The Bertz CT molecular complexity index is 1170. The van der Waals surface area contributed by atoms with Crippen molar-refractivity contribution < 1.29 is 22.8 Å². The number of hydrogen-bond acceptors (Lipinski definition) is 5. The standard InChI is InChI=1S/C21H14Cl2F3N3O3/c22-16-7-5-14(17(23)10-16)12-32-20-4-2-1-3-13(20)11-27-28-18-8-6-15(21(24,25)26)9-19(18)29(30)31/h1-11,28H,12H2/b27-11-. The number of nitro groups is 1. The van der Waals surface area contributed by atoms with E-state index in [0.717, 1.165) is 12.1 Å². The van der Waals surface area contributed by atoms with Crippen LogP contribution in [0, 0.1) is 10.1 Å². The average molecular weight is 484 g/mol. The predicted octanol–water partition coefficient (Wildman–Crippen LogP) is 6.95. The maximum atomic E-state index is 12.8. The molecule has 0 radical (unpaired) electrons. The van der Waals surface area contributed by atoms with Crippen LogP contribution in [0.2, 0.25) is 10.0 Å². The summed E-state index contributed by atoms with van der Waals surface area (Å²) in [6.07, 6.45) is -3.37. The van der Waals surface area contributed by atoms with Crippen molar-refractivity contribution in [2.45, 2.75) is 12.8 Å². The summed E-state index contributed by atoms with van der Waals surface area (Å²) >= 11 is 12.0. The first-order valence-electron chi connectivity index (χ1n) is 8.95. The third-order valence-corrected chi connectivity index (χ3v) is 4.81. The fourth-order valence-corrected chi connectivity index (χ4v) is 3.10. The Morgan fingerprint density at radius 2 is 1.84 bits per heavy atom. The number of nitro benzene ring substituents is 1. The summed E-state index contributed by atoms with van der Waals surface area (Å²) in [5.41, 5.74) is 1.58. The van der Waals surface area contributed by atoms with Crippen LogP contribution in [0.15, 0.2) is 65.8 Å². The second-order valence-corrected chi connectivity index (χ2v) is 7.26. The minimum Gasteiger partial charge on any atom is -0.488 e. The molecule has 0 aromatic heterocycles. The van der Waals surface area contributed by atoms with E-state index < -0.39 is 22.4 Å². The maximum Gasteiger partial charge on any atom is 0.416 e. The van der Waals surface area contributed by atoms with E-state index in [2.05, 4.69) is 10.5 Å². The Morgan fingerprint density at radius 3 is 2.53 bits per heavy atom. The minimum absolute atomic E-state index is 0.151. The molecule has 0 aliphatic rings. The summed E-state index contributed by atoms with van der Waals surface area (Å²) in [4.78, 5) is 10.2. The number of rotatable bonds is 7. The molecule has 32 heavy (non-hydrogen) atoms. The number of hydrogen-bond donors (Lipinski definition) is 1. The van der Waals surface area contributed by atoms with Gasteiger partial charge in [-0.15, -0.1) is 0 Å². The Hall–Kier alpha value is -3.30. The SMILES string of the molecule is O=[N+]([O-])c1cc(C(F)(F)F)ccc1N/N=C\c1ccccc1OCc1ccc(Cl)cc1Cl. The molecule has 3 aromatic rings. The molecule has 0 bridgehead atoms. The smallest absolute Gasteiger partial charge is 0.416 e. The largest absolute Gasteiger partial charge is 0.488 e. The van der Waals surface area contributed by atoms with Gasteiger partial charge in [-0.05, 0) is 36.4 Å². The van der Waals surface area contributed by atoms with Gasteiger partial charge in [0.25, 0.3) is 5.69 Å². The fourth-order valence-electron chi connectivity index (χ4n) is 2.64. The number of ether oxygens (including phenoxy) is 1. The van der Waals surface area contributed by atoms with E-state index in [1.54, 1.807) is 42.5 Å². The lowest BCUT2D eigenvalue weighted by molar-refractivity contribution is -0.384. The van der Waals surface area contributed by atoms with Gasteiger partial charge in [0.2, 0.25) is 0 Å². The maximum absolute atomic E-state index is 12.8. The van der Waals surface area contributed by atoms with E-state index >= 15 is 0 Å². The third-order valence-electron chi connectivity index (χ3n) is 4.23. The molecule has 0 aliphatic heterocycles. The summed E-state index contributed by atoms with van der Waals surface area (Å²) in [5.74, 6) is 0.450. The van der Waals surface area contributed by atoms with Gasteiger partial charge in [-0.25, -0.2) is 0 Å². The monoisotopic (exact) mass is 483 g/mol. The molecule has 3 rings (SSSR count). The van der Waals surface area contributed by atoms with Crippen LogP contribution in [-0.2, 0) is 12.8 Å². The van der Waals surface area contributed by atoms with Crippen LogP contribution in [0.4, 0.5) is 24.5 Å². The first-order valence-corrected chi connectivity index (χ1v) is 9.71. The van der Waals surface area contributed by atoms with Crippen LogP contribution in [0.25, 0.3) is 0 Å². The topological polar surface area (TPSA) is 76.8 Å². The molecule has 0 saturated carbocycles. The Morgan fingerprint density at radius 1 is 1.09 bits per heavy atom. The van der Waals surface area contributed by atoms with E-state index in [0.29, 0.717) is 33.0 Å². The number of alkyl halides is 3. The molecule has 0 amide bonds. The first kappa shape index (κ1) is 23.4. The molecular formula is C21H14Cl2F3N3O3. The molecule has 0 spiro atoms. The molecule has 0 fully saturated rings. The van der Waals surface area contributed by atoms with Crippen LogP contribution in [-0.4, -0.2) is 11.1 Å². The number of hydrazone groups is 1. The van der Waals surface area contributed by atoms with Gasteiger partial charge in [-0.3, -0.25) is 15.5 Å². The van der Waals surface area contributed by atoms with E-state index in [9.17, 15) is 23.3 Å². The van der Waals surface area contributed by atoms with E-state index in [4.69, 9.17) is 27.9 Å². The van der Waals surface area contributed by atoms with E-state index in [-0.39, 0.29) is 12.3 Å². The number of halogens is 5. The fraction of sp³-hybridized carbons (Fsp3) is 0.0952. The molecule has 0 heterocycles. The van der Waals surface area contributed by atoms with Gasteiger partial charge < -0.3 is 4.74 Å². The zero-order chi connectivity index (χ0) is 23.3. The summed E-state index contributed by atoms with van der Waals surface area (Å²) in [7, 11) is 0. The summed E-state index contributed by atoms with van der Waals surface area (Å²) in [5, 5.41) is 16.0. The number of benzene rings is 3. The van der Waals surface area contributed by atoms with Crippen LogP contribution in [0.5, 0.6) is 5.75 Å². The second kappa shape index (κ2) is 9.88. The van der Waals surface area contributed by atoms with Gasteiger partial charge in [0.1, 0.15) is 18.0 Å². The quantitative estimate of drug-likeness (QED) is 0.224. The molecular weight excluding hydrogens is 470 g/mol. The van der Waals surface area contributed by atoms with Crippen molar-refractivity contribution in [3.05, 3.63) is 97.5 Å². The van der Waals surface area contributed by atoms with Gasteiger partial charge in [-0.1, -0.05) is 41.4 Å². The van der Waals surface area contributed by atoms with Gasteiger partial charge in [-0.2, -0.15) is 18.3 Å². The summed E-state index contributed by atoms with van der Waals surface area (Å²) < 4.78 is 44.2. The number of nitrogens with zero attached hydrogens (tertiary/aromatic N) is 2. The van der Waals surface area contributed by atoms with Crippen molar-refractivity contribution in [1.29, 1.82) is 0 Å². The number of nitrogens with one attached hydrogen (secondary N) is 1. The van der Waals surface area contributed by atoms with Crippen LogP contribution in [0.1, 0.15) is 16.7 Å². The molecule has 166 valence electrons. The van der Waals surface area contributed by atoms with E-state index in [1.165, 1.54) is 6.21 Å². The Labute approximate surface area is 190 Å². The highest BCUT2D eigenvalue weighted by molar-refractivity contribution is 6.35. The normalized spacial score (nSPS) is 11.5. The highest BCUT2D eigenvalue weighted by Crippen LogP contribution is 2.35. The van der Waals surface area contributed by atoms with Gasteiger partial charge in [0.15, 0.2) is 0 Å². The highest BCUT2D eigenvalue weighted by atomic mass is 35.5. The van der Waals surface area contributed by atoms with Crippen molar-refractivity contribution in [3.63, 3.8) is 0 Å². The Balaban J connectivity index is 1.76. The van der Waals surface area contributed by atoms with Crippen LogP contribution >= 0.6 is 23.2 Å². The molecule has 11 heteroatoms. The number of anilines is 1. The van der Waals surface area contributed by atoms with Gasteiger partial charge in [0, 0.05) is 27.2 Å². The third kappa shape index (κ3) is 5.89. The average Bonchev–Trinajstić information content (AvgIpc) is 2.73. The zero-order valence-electron chi connectivity index (χ0n) is 16.1. The first-order chi connectivity index (χ1) is 15.1. The van der Waals surface area contributed by atoms with Crippen LogP contribution < -0.4 is 10.2 Å². The van der Waals surface area contributed by atoms with Crippen molar-refractivity contribution in [2.24, 2.45) is 5.10 Å². The molecule has 0 saturated heterocycles. The molecule has 0 aliphatic carbocycles. The summed E-state index contributed by atoms with van der Waals surface area (Å²) in [6.45, 7) is 0.151. The van der Waals surface area contributed by atoms with Crippen molar-refractivity contribution in [2.75, 3.05) is 5.43 Å². The van der Waals surface area contributed by atoms with Crippen molar-refractivity contribution in [3.8, 4) is 5.75 Å². The number of para-hydroxylation sites is 1. The van der Waals surface area contributed by atoms with Crippen LogP contribution in [0.3, 0.4) is 0 Å². The molecule has 6 nitrogen and oxygen atoms in total. The lowest BCUT2D eigenvalue weighted by Crippen LogP contribution is -2.06. The molecule has 3 aromatic carbocycles. The van der Waals surface area contributed by atoms with Gasteiger partial charge in [0.05, 0.1) is 16.7 Å². The predicted molar refractivity (Wildman–Crippen MR) is 117 cm³/mol. The molecule has 1 N–H and O–H groups in total. The molecule has 0 atom stereocenters. The lowest BCUT2D eigenvalue weighted by atomic mass is 10.1. The second-order valence-electron chi connectivity index (χ2n) is 6.42. The lowest BCUT2D eigenvalue weighted by Gasteiger charge is -2.11. The minimum atomic E-state index is -4.70. The molecule has 0 unspecified atom stereocenters. The van der Waals surface area contributed by atoms with Crippen molar-refractivity contribution in [1.82, 2.24) is 0 Å². The summed E-state index contributed by atoms with van der Waals surface area (Å²) in [6, 6.07) is 14.0. The Kier molecular flexibility index (Phi) is 7.22. The highest BCUT2D eigenvalue weighted by Gasteiger charge is 2.33. The zero-order valence-corrected chi connectivity index (χ0v) is 17.6.